The number of fused-ring (bicyclic) bond motifs is 1. The maximum Gasteiger partial charge on any atom is 0.312 e. The highest BCUT2D eigenvalue weighted by atomic mass is 16.2. The van der Waals surface area contributed by atoms with E-state index in [1.807, 2.05) is 0 Å². The molecule has 0 atom stereocenters. The first-order valence-electron chi connectivity index (χ1n) is 6.68. The summed E-state index contributed by atoms with van der Waals surface area (Å²) < 4.78 is 0. The Balaban J connectivity index is 2.00. The molecule has 0 fully saturated rings. The van der Waals surface area contributed by atoms with Crippen molar-refractivity contribution < 1.29 is 9.59 Å². The van der Waals surface area contributed by atoms with Crippen LogP contribution in [0.5, 0.6) is 0 Å². The number of rotatable bonds is 1. The molecule has 22 heavy (non-hydrogen) atoms. The third-order valence-corrected chi connectivity index (χ3v) is 3.48. The van der Waals surface area contributed by atoms with Crippen LogP contribution < -0.4 is 11.3 Å². The van der Waals surface area contributed by atoms with E-state index in [2.05, 4.69) is 15.0 Å². The van der Waals surface area contributed by atoms with Crippen molar-refractivity contribution in [2.75, 3.05) is 6.54 Å². The molecule has 0 aromatic carbocycles. The molecule has 1 aliphatic heterocycles. The molecule has 0 saturated carbocycles. The SMILES string of the molecule is NC(=O)C(=O)N1CCc2c(nc(-c3ccccn3)[nH]c2=O)C1. The fraction of sp³-hybridized carbons (Fsp3) is 0.214. The highest BCUT2D eigenvalue weighted by Gasteiger charge is 2.27. The van der Waals surface area contributed by atoms with Crippen molar-refractivity contribution in [3.8, 4) is 11.5 Å². The van der Waals surface area contributed by atoms with Crippen molar-refractivity contribution in [3.63, 3.8) is 0 Å². The molecule has 3 rings (SSSR count). The van der Waals surface area contributed by atoms with E-state index in [-0.39, 0.29) is 18.6 Å². The fourth-order valence-electron chi connectivity index (χ4n) is 2.39. The second-order valence-electron chi connectivity index (χ2n) is 4.90. The van der Waals surface area contributed by atoms with E-state index in [0.29, 0.717) is 29.2 Å². The van der Waals surface area contributed by atoms with Crippen LogP contribution in [0.25, 0.3) is 11.5 Å². The molecule has 8 nitrogen and oxygen atoms in total. The van der Waals surface area contributed by atoms with Crippen LogP contribution >= 0.6 is 0 Å². The molecule has 3 N–H and O–H groups in total. The molecule has 1 aliphatic rings. The number of hydrogen-bond acceptors (Lipinski definition) is 5. The number of primary amides is 1. The molecule has 0 saturated heterocycles. The Morgan fingerprint density at radius 1 is 1.32 bits per heavy atom. The number of nitrogens with zero attached hydrogens (tertiary/aromatic N) is 3. The minimum atomic E-state index is -1.02. The van der Waals surface area contributed by atoms with Crippen LogP contribution in [0.15, 0.2) is 29.2 Å². The van der Waals surface area contributed by atoms with Gasteiger partial charge in [-0.3, -0.25) is 19.4 Å². The lowest BCUT2D eigenvalue weighted by atomic mass is 10.1. The van der Waals surface area contributed by atoms with Crippen LogP contribution in [0.2, 0.25) is 0 Å². The van der Waals surface area contributed by atoms with Crippen LogP contribution in [0.3, 0.4) is 0 Å². The van der Waals surface area contributed by atoms with Gasteiger partial charge in [0.2, 0.25) is 0 Å². The van der Waals surface area contributed by atoms with Gasteiger partial charge >= 0.3 is 11.8 Å². The lowest BCUT2D eigenvalue weighted by Crippen LogP contribution is -2.44. The Morgan fingerprint density at radius 2 is 2.14 bits per heavy atom. The summed E-state index contributed by atoms with van der Waals surface area (Å²) in [5.74, 6) is -1.46. The molecule has 0 aliphatic carbocycles. The van der Waals surface area contributed by atoms with Crippen molar-refractivity contribution >= 4 is 11.8 Å². The number of nitrogens with one attached hydrogen (secondary N) is 1. The molecular weight excluding hydrogens is 286 g/mol. The number of nitrogens with two attached hydrogens (primary N) is 1. The monoisotopic (exact) mass is 299 g/mol. The van der Waals surface area contributed by atoms with E-state index in [0.717, 1.165) is 0 Å². The normalized spacial score (nSPS) is 13.5. The molecule has 2 aromatic rings. The first kappa shape index (κ1) is 13.9. The summed E-state index contributed by atoms with van der Waals surface area (Å²) >= 11 is 0. The zero-order valence-corrected chi connectivity index (χ0v) is 11.6. The predicted octanol–water partition coefficient (Wildman–Crippen LogP) is -0.798. The van der Waals surface area contributed by atoms with Crippen LogP contribution in [-0.4, -0.2) is 38.2 Å². The summed E-state index contributed by atoms with van der Waals surface area (Å²) in [6.07, 6.45) is 1.93. The van der Waals surface area contributed by atoms with Crippen molar-refractivity contribution in [3.05, 3.63) is 46.0 Å². The van der Waals surface area contributed by atoms with E-state index in [4.69, 9.17) is 5.73 Å². The molecule has 0 spiro atoms. The van der Waals surface area contributed by atoms with Crippen molar-refractivity contribution in [1.82, 2.24) is 19.9 Å². The third kappa shape index (κ3) is 2.46. The maximum atomic E-state index is 12.1. The van der Waals surface area contributed by atoms with Crippen LogP contribution in [-0.2, 0) is 22.6 Å². The van der Waals surface area contributed by atoms with Gasteiger partial charge in [-0.2, -0.15) is 0 Å². The Kier molecular flexibility index (Phi) is 3.42. The maximum absolute atomic E-state index is 12.1. The summed E-state index contributed by atoms with van der Waals surface area (Å²) in [5.41, 5.74) is 6.27. The predicted molar refractivity (Wildman–Crippen MR) is 76.4 cm³/mol. The van der Waals surface area contributed by atoms with Crippen molar-refractivity contribution in [2.24, 2.45) is 5.73 Å². The quantitative estimate of drug-likeness (QED) is 0.668. The number of carbonyl (C=O) groups is 2. The highest BCUT2D eigenvalue weighted by molar-refractivity contribution is 6.34. The van der Waals surface area contributed by atoms with E-state index in [1.165, 1.54) is 4.90 Å². The van der Waals surface area contributed by atoms with Gasteiger partial charge in [-0.15, -0.1) is 0 Å². The van der Waals surface area contributed by atoms with Gasteiger partial charge in [-0.1, -0.05) is 6.07 Å². The molecular formula is C14H13N5O3. The number of pyridine rings is 1. The number of H-pyrrole nitrogens is 1. The molecule has 2 amide bonds. The third-order valence-electron chi connectivity index (χ3n) is 3.48. The zero-order chi connectivity index (χ0) is 15.7. The Morgan fingerprint density at radius 3 is 2.82 bits per heavy atom. The molecule has 8 heteroatoms. The smallest absolute Gasteiger partial charge is 0.312 e. The molecule has 3 heterocycles. The van der Waals surface area contributed by atoms with E-state index in [1.54, 1.807) is 24.4 Å². The molecule has 0 bridgehead atoms. The van der Waals surface area contributed by atoms with Crippen LogP contribution in [0, 0.1) is 0 Å². The van der Waals surface area contributed by atoms with Gasteiger partial charge < -0.3 is 15.6 Å². The van der Waals surface area contributed by atoms with Gasteiger partial charge in [0, 0.05) is 18.3 Å². The zero-order valence-electron chi connectivity index (χ0n) is 11.6. The first-order valence-corrected chi connectivity index (χ1v) is 6.68. The van der Waals surface area contributed by atoms with Gasteiger partial charge in [-0.05, 0) is 18.6 Å². The van der Waals surface area contributed by atoms with E-state index < -0.39 is 11.8 Å². The average molecular weight is 299 g/mol. The number of carbonyl (C=O) groups excluding carboxylic acids is 2. The Hall–Kier alpha value is -3.03. The lowest BCUT2D eigenvalue weighted by Gasteiger charge is -2.26. The topological polar surface area (TPSA) is 122 Å². The first-order chi connectivity index (χ1) is 10.6. The number of aromatic amines is 1. The largest absolute Gasteiger partial charge is 0.361 e. The minimum Gasteiger partial charge on any atom is -0.361 e. The van der Waals surface area contributed by atoms with Gasteiger partial charge in [0.15, 0.2) is 5.82 Å². The summed E-state index contributed by atoms with van der Waals surface area (Å²) in [6, 6.07) is 5.26. The van der Waals surface area contributed by atoms with Gasteiger partial charge in [0.05, 0.1) is 12.2 Å². The van der Waals surface area contributed by atoms with Gasteiger partial charge in [0.25, 0.3) is 5.56 Å². The van der Waals surface area contributed by atoms with E-state index in [9.17, 15) is 14.4 Å². The molecule has 0 radical (unpaired) electrons. The van der Waals surface area contributed by atoms with Gasteiger partial charge in [-0.25, -0.2) is 4.98 Å². The molecule has 0 unspecified atom stereocenters. The second kappa shape index (κ2) is 5.40. The van der Waals surface area contributed by atoms with Crippen molar-refractivity contribution in [2.45, 2.75) is 13.0 Å². The number of aromatic nitrogens is 3. The summed E-state index contributed by atoms with van der Waals surface area (Å²) in [5, 5.41) is 0. The molecule has 2 aromatic heterocycles. The van der Waals surface area contributed by atoms with Gasteiger partial charge in [0.1, 0.15) is 5.69 Å². The van der Waals surface area contributed by atoms with Crippen LogP contribution in [0.4, 0.5) is 0 Å². The second-order valence-corrected chi connectivity index (χ2v) is 4.90. The lowest BCUT2D eigenvalue weighted by molar-refractivity contribution is -0.144. The highest BCUT2D eigenvalue weighted by Crippen LogP contribution is 2.17. The standard InChI is InChI=1S/C14H13N5O3/c15-11(20)14(22)19-6-4-8-10(7-19)17-12(18-13(8)21)9-3-1-2-5-16-9/h1-3,5H,4,6-7H2,(H2,15,20)(H,17,18,21). The number of hydrogen-bond donors (Lipinski definition) is 2. The Bertz CT molecular complexity index is 800. The molecule has 112 valence electrons. The van der Waals surface area contributed by atoms with Crippen LogP contribution in [0.1, 0.15) is 11.3 Å². The summed E-state index contributed by atoms with van der Waals surface area (Å²) in [6.45, 7) is 0.351. The fourth-order valence-corrected chi connectivity index (χ4v) is 2.39. The average Bonchev–Trinajstić information content (AvgIpc) is 2.54. The van der Waals surface area contributed by atoms with E-state index >= 15 is 0 Å². The Labute approximate surface area is 125 Å². The van der Waals surface area contributed by atoms with Crippen molar-refractivity contribution in [1.29, 1.82) is 0 Å². The summed E-state index contributed by atoms with van der Waals surface area (Å²) in [7, 11) is 0. The minimum absolute atomic E-state index is 0.0842. The summed E-state index contributed by atoms with van der Waals surface area (Å²) in [4.78, 5) is 47.3. The number of amides is 2.